The van der Waals surface area contributed by atoms with Crippen LogP contribution < -0.4 is 17.0 Å². The third-order valence-electron chi connectivity index (χ3n) is 5.36. The zero-order valence-corrected chi connectivity index (χ0v) is 17.7. The van der Waals surface area contributed by atoms with Gasteiger partial charge in [0.05, 0.1) is 18.4 Å². The van der Waals surface area contributed by atoms with Crippen molar-refractivity contribution < 1.29 is 14.7 Å². The summed E-state index contributed by atoms with van der Waals surface area (Å²) < 4.78 is 2.01. The minimum absolute atomic E-state index is 0.0166. The highest BCUT2D eigenvalue weighted by atomic mass is 16.6. The number of primary amides is 1. The van der Waals surface area contributed by atoms with E-state index < -0.39 is 23.3 Å². The number of nitrogens with two attached hydrogens (primary N) is 1. The van der Waals surface area contributed by atoms with Gasteiger partial charge in [-0.15, -0.1) is 0 Å². The van der Waals surface area contributed by atoms with Crippen molar-refractivity contribution in [2.45, 2.75) is 39.3 Å². The van der Waals surface area contributed by atoms with E-state index in [9.17, 15) is 19.5 Å². The molecule has 0 saturated carbocycles. The summed E-state index contributed by atoms with van der Waals surface area (Å²) in [5.74, 6) is -0.498. The van der Waals surface area contributed by atoms with Gasteiger partial charge in [0.1, 0.15) is 5.56 Å². The number of amides is 1. The number of aryl methyl sites for hydroxylation is 1. The van der Waals surface area contributed by atoms with E-state index in [4.69, 9.17) is 10.6 Å². The summed E-state index contributed by atoms with van der Waals surface area (Å²) >= 11 is 0. The molecule has 1 aliphatic heterocycles. The van der Waals surface area contributed by atoms with Crippen LogP contribution in [0.15, 0.2) is 57.0 Å². The van der Waals surface area contributed by atoms with Gasteiger partial charge in [-0.2, -0.15) is 0 Å². The van der Waals surface area contributed by atoms with Crippen molar-refractivity contribution in [1.82, 2.24) is 9.13 Å². The molecule has 2 aromatic rings. The van der Waals surface area contributed by atoms with E-state index in [0.29, 0.717) is 24.3 Å². The first kappa shape index (κ1) is 22.2. The Bertz CT molecular complexity index is 1160. The molecule has 1 unspecified atom stereocenters. The van der Waals surface area contributed by atoms with Gasteiger partial charge < -0.3 is 15.7 Å². The van der Waals surface area contributed by atoms with E-state index in [1.54, 1.807) is 6.08 Å². The number of hydrogen-bond acceptors (Lipinski definition) is 6. The van der Waals surface area contributed by atoms with Gasteiger partial charge >= 0.3 is 5.69 Å². The van der Waals surface area contributed by atoms with Gasteiger partial charge in [-0.05, 0) is 25.0 Å². The average molecular weight is 426 g/mol. The standard InChI is InChI=1S/C22H26N4O5/c1-13-4-7-15(8-5-13)19(27)10-18-14(2)6-9-16(31-24-18)11-26-12-17(20(23)28)21(29)25(3)22(26)30/h4-5,7-9,12,14,19,27H,6,10-11H2,1-3H3,(H2,23,28)/t14?,19-/m0/s1. The first-order valence-electron chi connectivity index (χ1n) is 9.95. The highest BCUT2D eigenvalue weighted by molar-refractivity contribution is 5.92. The van der Waals surface area contributed by atoms with E-state index in [0.717, 1.165) is 21.9 Å². The number of carbonyl (C=O) groups excluding carboxylic acids is 1. The second-order valence-corrected chi connectivity index (χ2v) is 7.79. The molecule has 0 aliphatic carbocycles. The van der Waals surface area contributed by atoms with Gasteiger partial charge in [0.2, 0.25) is 0 Å². The van der Waals surface area contributed by atoms with E-state index in [-0.39, 0.29) is 18.0 Å². The summed E-state index contributed by atoms with van der Waals surface area (Å²) in [4.78, 5) is 41.5. The molecule has 0 radical (unpaired) electrons. The quantitative estimate of drug-likeness (QED) is 0.721. The fourth-order valence-electron chi connectivity index (χ4n) is 3.30. The predicted octanol–water partition coefficient (Wildman–Crippen LogP) is 1.37. The van der Waals surface area contributed by atoms with Crippen LogP contribution in [0.1, 0.15) is 47.4 Å². The summed E-state index contributed by atoms with van der Waals surface area (Å²) in [6.07, 6.45) is 3.14. The molecular weight excluding hydrogens is 400 g/mol. The van der Waals surface area contributed by atoms with Crippen LogP contribution in [0.25, 0.3) is 0 Å². The second kappa shape index (κ2) is 9.13. The van der Waals surface area contributed by atoms with Crippen molar-refractivity contribution >= 4 is 11.6 Å². The molecule has 1 aromatic carbocycles. The maximum Gasteiger partial charge on any atom is 0.331 e. The average Bonchev–Trinajstić information content (AvgIpc) is 2.90. The van der Waals surface area contributed by atoms with Crippen LogP contribution in [-0.4, -0.2) is 25.9 Å². The molecule has 0 bridgehead atoms. The number of aliphatic hydroxyl groups excluding tert-OH is 1. The Kier molecular flexibility index (Phi) is 6.55. The SMILES string of the molecule is Cc1ccc([C@@H](O)CC2=NOC(Cn3cc(C(N)=O)c(=O)n(C)c3=O)=CCC2C)cc1. The maximum atomic E-state index is 12.4. The number of aromatic nitrogens is 2. The molecule has 0 fully saturated rings. The third-order valence-corrected chi connectivity index (χ3v) is 5.36. The fourth-order valence-corrected chi connectivity index (χ4v) is 3.30. The van der Waals surface area contributed by atoms with Crippen LogP contribution >= 0.6 is 0 Å². The molecule has 9 nitrogen and oxygen atoms in total. The Morgan fingerprint density at radius 3 is 2.65 bits per heavy atom. The van der Waals surface area contributed by atoms with Crippen molar-refractivity contribution in [2.75, 3.05) is 0 Å². The molecule has 2 heterocycles. The smallest absolute Gasteiger partial charge is 0.331 e. The van der Waals surface area contributed by atoms with Crippen molar-refractivity contribution in [3.05, 3.63) is 79.8 Å². The number of rotatable bonds is 6. The van der Waals surface area contributed by atoms with Crippen molar-refractivity contribution in [3.8, 4) is 0 Å². The van der Waals surface area contributed by atoms with Crippen LogP contribution in [0.4, 0.5) is 0 Å². The molecule has 164 valence electrons. The molecule has 1 amide bonds. The summed E-state index contributed by atoms with van der Waals surface area (Å²) in [6, 6.07) is 7.65. The van der Waals surface area contributed by atoms with Crippen molar-refractivity contribution in [2.24, 2.45) is 23.9 Å². The minimum atomic E-state index is -0.913. The minimum Gasteiger partial charge on any atom is -0.388 e. The zero-order chi connectivity index (χ0) is 22.7. The lowest BCUT2D eigenvalue weighted by Crippen LogP contribution is -2.42. The van der Waals surface area contributed by atoms with Crippen LogP contribution in [0, 0.1) is 12.8 Å². The Morgan fingerprint density at radius 2 is 2.00 bits per heavy atom. The molecule has 3 rings (SSSR count). The van der Waals surface area contributed by atoms with E-state index in [1.165, 1.54) is 11.6 Å². The Labute approximate surface area is 179 Å². The van der Waals surface area contributed by atoms with Gasteiger partial charge in [0.25, 0.3) is 11.5 Å². The summed E-state index contributed by atoms with van der Waals surface area (Å²) in [5, 5.41) is 14.8. The third kappa shape index (κ3) is 5.00. The van der Waals surface area contributed by atoms with Gasteiger partial charge in [0.15, 0.2) is 5.76 Å². The van der Waals surface area contributed by atoms with Gasteiger partial charge in [-0.1, -0.05) is 41.9 Å². The summed E-state index contributed by atoms with van der Waals surface area (Å²) in [7, 11) is 1.28. The van der Waals surface area contributed by atoms with Crippen molar-refractivity contribution in [1.29, 1.82) is 0 Å². The summed E-state index contributed by atoms with van der Waals surface area (Å²) in [6.45, 7) is 3.95. The molecule has 0 spiro atoms. The highest BCUT2D eigenvalue weighted by Crippen LogP contribution is 2.24. The maximum absolute atomic E-state index is 12.4. The van der Waals surface area contributed by atoms with Crippen LogP contribution in [0.2, 0.25) is 0 Å². The lowest BCUT2D eigenvalue weighted by molar-refractivity contribution is 0.0997. The number of nitrogens with zero attached hydrogens (tertiary/aromatic N) is 3. The molecule has 1 aromatic heterocycles. The largest absolute Gasteiger partial charge is 0.388 e. The normalized spacial score (nSPS) is 17.2. The predicted molar refractivity (Wildman–Crippen MR) is 116 cm³/mol. The van der Waals surface area contributed by atoms with E-state index in [1.807, 2.05) is 38.1 Å². The highest BCUT2D eigenvalue weighted by Gasteiger charge is 2.21. The number of benzene rings is 1. The number of hydrogen-bond donors (Lipinski definition) is 2. The number of oxime groups is 1. The number of aliphatic hydroxyl groups is 1. The fraction of sp³-hybridized carbons (Fsp3) is 0.364. The Balaban J connectivity index is 1.78. The van der Waals surface area contributed by atoms with Gasteiger partial charge in [0, 0.05) is 25.6 Å². The number of allylic oxidation sites excluding steroid dienone is 2. The topological polar surface area (TPSA) is 129 Å². The molecule has 2 atom stereocenters. The molecule has 31 heavy (non-hydrogen) atoms. The molecule has 9 heteroatoms. The summed E-state index contributed by atoms with van der Waals surface area (Å²) in [5.41, 5.74) is 6.22. The molecule has 3 N–H and O–H groups in total. The molecule has 1 aliphatic rings. The molecular formula is C22H26N4O5. The first-order chi connectivity index (χ1) is 14.7. The van der Waals surface area contributed by atoms with E-state index >= 15 is 0 Å². The molecule has 0 saturated heterocycles. The first-order valence-corrected chi connectivity index (χ1v) is 9.95. The lowest BCUT2D eigenvalue weighted by Gasteiger charge is -2.15. The van der Waals surface area contributed by atoms with Crippen molar-refractivity contribution in [3.63, 3.8) is 0 Å². The monoisotopic (exact) mass is 426 g/mol. The van der Waals surface area contributed by atoms with Crippen LogP contribution in [0.5, 0.6) is 0 Å². The number of carbonyl (C=O) groups is 1. The Morgan fingerprint density at radius 1 is 1.32 bits per heavy atom. The van der Waals surface area contributed by atoms with E-state index in [2.05, 4.69) is 5.16 Å². The second-order valence-electron chi connectivity index (χ2n) is 7.79. The lowest BCUT2D eigenvalue weighted by atomic mass is 9.94. The van der Waals surface area contributed by atoms with Crippen LogP contribution in [0.3, 0.4) is 0 Å². The Hall–Kier alpha value is -3.46. The van der Waals surface area contributed by atoms with Gasteiger partial charge in [-0.25, -0.2) is 4.79 Å². The zero-order valence-electron chi connectivity index (χ0n) is 17.7. The van der Waals surface area contributed by atoms with Gasteiger partial charge in [-0.3, -0.25) is 18.7 Å². The van der Waals surface area contributed by atoms with Crippen LogP contribution in [-0.2, 0) is 18.4 Å².